The zero-order chi connectivity index (χ0) is 15.2. The predicted octanol–water partition coefficient (Wildman–Crippen LogP) is 4.46. The first-order chi connectivity index (χ1) is 10.1. The van der Waals surface area contributed by atoms with Gasteiger partial charge in [0, 0.05) is 23.2 Å². The van der Waals surface area contributed by atoms with Crippen LogP contribution in [0.2, 0.25) is 4.34 Å². The Balaban J connectivity index is 2.02. The average molecular weight is 325 g/mol. The molecule has 0 radical (unpaired) electrons. The Morgan fingerprint density at radius 2 is 2.19 bits per heavy atom. The molecule has 0 fully saturated rings. The molecule has 0 atom stereocenters. The maximum atomic E-state index is 12.3. The molecule has 1 aromatic carbocycles. The second kappa shape index (κ2) is 7.33. The molecule has 21 heavy (non-hydrogen) atoms. The van der Waals surface area contributed by atoms with E-state index >= 15 is 0 Å². The molecule has 0 unspecified atom stereocenters. The van der Waals surface area contributed by atoms with Crippen molar-refractivity contribution in [3.05, 3.63) is 45.6 Å². The van der Waals surface area contributed by atoms with E-state index in [1.807, 2.05) is 37.3 Å². The van der Waals surface area contributed by atoms with E-state index in [1.165, 1.54) is 11.3 Å². The van der Waals surface area contributed by atoms with Crippen LogP contribution in [-0.4, -0.2) is 24.6 Å². The number of rotatable bonds is 5. The number of halogens is 1. The highest BCUT2D eigenvalue weighted by Crippen LogP contribution is 2.23. The van der Waals surface area contributed by atoms with E-state index in [2.05, 4.69) is 5.32 Å². The van der Waals surface area contributed by atoms with Crippen molar-refractivity contribution in [2.24, 2.45) is 0 Å². The van der Waals surface area contributed by atoms with Crippen LogP contribution in [-0.2, 0) is 6.54 Å². The molecule has 1 heterocycles. The highest BCUT2D eigenvalue weighted by molar-refractivity contribution is 7.16. The fraction of sp³-hybridized carbons (Fsp3) is 0.267. The molecule has 0 aliphatic heterocycles. The van der Waals surface area contributed by atoms with Crippen LogP contribution in [0.4, 0.5) is 10.5 Å². The zero-order valence-corrected chi connectivity index (χ0v) is 13.5. The number of hydrogen-bond donors (Lipinski definition) is 1. The van der Waals surface area contributed by atoms with Gasteiger partial charge in [-0.05, 0) is 31.2 Å². The van der Waals surface area contributed by atoms with Crippen LogP contribution in [0.5, 0.6) is 5.75 Å². The van der Waals surface area contributed by atoms with Gasteiger partial charge in [0.25, 0.3) is 0 Å². The van der Waals surface area contributed by atoms with Crippen LogP contribution in [0, 0.1) is 0 Å². The molecular formula is C15H17ClN2O2S. The number of methoxy groups -OCH3 is 1. The van der Waals surface area contributed by atoms with E-state index in [4.69, 9.17) is 16.3 Å². The average Bonchev–Trinajstić information content (AvgIpc) is 2.90. The van der Waals surface area contributed by atoms with Gasteiger partial charge in [-0.25, -0.2) is 4.79 Å². The summed E-state index contributed by atoms with van der Waals surface area (Å²) in [6.45, 7) is 3.11. The Morgan fingerprint density at radius 3 is 2.81 bits per heavy atom. The third kappa shape index (κ3) is 4.37. The van der Waals surface area contributed by atoms with Crippen LogP contribution >= 0.6 is 22.9 Å². The number of anilines is 1. The number of nitrogens with one attached hydrogen (secondary N) is 1. The first-order valence-electron chi connectivity index (χ1n) is 6.56. The van der Waals surface area contributed by atoms with Crippen LogP contribution in [0.3, 0.4) is 0 Å². The van der Waals surface area contributed by atoms with Crippen molar-refractivity contribution in [1.82, 2.24) is 4.90 Å². The summed E-state index contributed by atoms with van der Waals surface area (Å²) in [5.74, 6) is 0.709. The standard InChI is InChI=1S/C15H17ClN2O2S/c1-3-18(10-13-7-8-14(16)21-13)15(19)17-11-5-4-6-12(9-11)20-2/h4-9H,3,10H2,1-2H3,(H,17,19). The number of benzene rings is 1. The highest BCUT2D eigenvalue weighted by Gasteiger charge is 2.13. The summed E-state index contributed by atoms with van der Waals surface area (Å²) in [7, 11) is 1.60. The summed E-state index contributed by atoms with van der Waals surface area (Å²) in [5.41, 5.74) is 0.710. The smallest absolute Gasteiger partial charge is 0.322 e. The van der Waals surface area contributed by atoms with Gasteiger partial charge in [-0.15, -0.1) is 11.3 Å². The van der Waals surface area contributed by atoms with Gasteiger partial charge in [0.2, 0.25) is 0 Å². The lowest BCUT2D eigenvalue weighted by Crippen LogP contribution is -2.34. The molecule has 6 heteroatoms. The normalized spacial score (nSPS) is 10.2. The van der Waals surface area contributed by atoms with Crippen molar-refractivity contribution >= 4 is 34.7 Å². The lowest BCUT2D eigenvalue weighted by Gasteiger charge is -2.20. The summed E-state index contributed by atoms with van der Waals surface area (Å²) >= 11 is 7.40. The third-order valence-electron chi connectivity index (χ3n) is 2.97. The molecule has 4 nitrogen and oxygen atoms in total. The molecule has 0 bridgehead atoms. The lowest BCUT2D eigenvalue weighted by atomic mass is 10.3. The van der Waals surface area contributed by atoms with Crippen molar-refractivity contribution < 1.29 is 9.53 Å². The van der Waals surface area contributed by atoms with E-state index in [1.54, 1.807) is 18.1 Å². The summed E-state index contributed by atoms with van der Waals surface area (Å²) < 4.78 is 5.87. The van der Waals surface area contributed by atoms with Gasteiger partial charge in [0.05, 0.1) is 18.0 Å². The van der Waals surface area contributed by atoms with Crippen LogP contribution < -0.4 is 10.1 Å². The van der Waals surface area contributed by atoms with Crippen LogP contribution in [0.25, 0.3) is 0 Å². The van der Waals surface area contributed by atoms with Crippen LogP contribution in [0.15, 0.2) is 36.4 Å². The minimum Gasteiger partial charge on any atom is -0.497 e. The minimum atomic E-state index is -0.143. The van der Waals surface area contributed by atoms with Gasteiger partial charge < -0.3 is 15.0 Å². The molecule has 0 saturated heterocycles. The third-order valence-corrected chi connectivity index (χ3v) is 4.18. The number of carbonyl (C=O) groups is 1. The number of carbonyl (C=O) groups excluding carboxylic acids is 1. The SMILES string of the molecule is CCN(Cc1ccc(Cl)s1)C(=O)Nc1cccc(OC)c1. The monoisotopic (exact) mass is 324 g/mol. The second-order valence-corrected chi connectivity index (χ2v) is 6.18. The van der Waals surface area contributed by atoms with E-state index in [9.17, 15) is 4.79 Å². The van der Waals surface area contributed by atoms with E-state index in [0.717, 1.165) is 9.21 Å². The Hall–Kier alpha value is -1.72. The number of ether oxygens (including phenoxy) is 1. The van der Waals surface area contributed by atoms with Crippen molar-refractivity contribution in [3.8, 4) is 5.75 Å². The predicted molar refractivity (Wildman–Crippen MR) is 87.4 cm³/mol. The zero-order valence-electron chi connectivity index (χ0n) is 11.9. The maximum absolute atomic E-state index is 12.3. The number of urea groups is 1. The van der Waals surface area contributed by atoms with E-state index in [-0.39, 0.29) is 6.03 Å². The van der Waals surface area contributed by atoms with Gasteiger partial charge >= 0.3 is 6.03 Å². The first kappa shape index (κ1) is 15.7. The van der Waals surface area contributed by atoms with Crippen molar-refractivity contribution in [1.29, 1.82) is 0 Å². The number of nitrogens with zero attached hydrogens (tertiary/aromatic N) is 1. The van der Waals surface area contributed by atoms with Crippen molar-refractivity contribution in [2.45, 2.75) is 13.5 Å². The van der Waals surface area contributed by atoms with E-state index < -0.39 is 0 Å². The topological polar surface area (TPSA) is 41.6 Å². The summed E-state index contributed by atoms with van der Waals surface area (Å²) in [6.07, 6.45) is 0. The number of thiophene rings is 1. The summed E-state index contributed by atoms with van der Waals surface area (Å²) in [4.78, 5) is 15.1. The Labute approximate surface area is 133 Å². The second-order valence-electron chi connectivity index (χ2n) is 4.38. The fourth-order valence-corrected chi connectivity index (χ4v) is 2.96. The van der Waals surface area contributed by atoms with Crippen molar-refractivity contribution in [3.63, 3.8) is 0 Å². The van der Waals surface area contributed by atoms with Gasteiger partial charge in [0.15, 0.2) is 0 Å². The lowest BCUT2D eigenvalue weighted by molar-refractivity contribution is 0.212. The largest absolute Gasteiger partial charge is 0.497 e. The fourth-order valence-electron chi connectivity index (χ4n) is 1.86. The molecule has 0 aliphatic rings. The molecule has 112 valence electrons. The minimum absolute atomic E-state index is 0.143. The number of hydrogen-bond acceptors (Lipinski definition) is 3. The number of amides is 2. The molecule has 0 spiro atoms. The highest BCUT2D eigenvalue weighted by atomic mass is 35.5. The van der Waals surface area contributed by atoms with Gasteiger partial charge in [-0.2, -0.15) is 0 Å². The van der Waals surface area contributed by atoms with E-state index in [0.29, 0.717) is 24.5 Å². The van der Waals surface area contributed by atoms with Crippen molar-refractivity contribution in [2.75, 3.05) is 19.0 Å². The Morgan fingerprint density at radius 1 is 1.38 bits per heavy atom. The summed E-state index contributed by atoms with van der Waals surface area (Å²) in [5, 5.41) is 2.87. The maximum Gasteiger partial charge on any atom is 0.322 e. The Kier molecular flexibility index (Phi) is 5.47. The first-order valence-corrected chi connectivity index (χ1v) is 7.76. The molecule has 2 aromatic rings. The molecule has 2 amide bonds. The van der Waals surface area contributed by atoms with Crippen LogP contribution in [0.1, 0.15) is 11.8 Å². The Bertz CT molecular complexity index is 615. The summed E-state index contributed by atoms with van der Waals surface area (Å²) in [6, 6.07) is 10.9. The molecule has 2 rings (SSSR count). The van der Waals surface area contributed by atoms with Gasteiger partial charge in [0.1, 0.15) is 5.75 Å². The van der Waals surface area contributed by atoms with Gasteiger partial charge in [-0.3, -0.25) is 0 Å². The molecule has 1 N–H and O–H groups in total. The van der Waals surface area contributed by atoms with Gasteiger partial charge in [-0.1, -0.05) is 17.7 Å². The quantitative estimate of drug-likeness (QED) is 0.882. The molecule has 0 aliphatic carbocycles. The molecule has 0 saturated carbocycles. The molecular weight excluding hydrogens is 308 g/mol. The molecule has 1 aromatic heterocycles.